The average Bonchev–Trinajstić information content (AvgIpc) is 2.96. The highest BCUT2D eigenvalue weighted by molar-refractivity contribution is 5.95. The SMILES string of the molecule is CCn1cccc1C(=O)N[C@@H](Cc1ccccc1)C(=O)O. The van der Waals surface area contributed by atoms with Gasteiger partial charge in [0, 0.05) is 19.2 Å². The second-order valence-electron chi connectivity index (χ2n) is 4.73. The summed E-state index contributed by atoms with van der Waals surface area (Å²) >= 11 is 0. The summed E-state index contributed by atoms with van der Waals surface area (Å²) < 4.78 is 1.77. The van der Waals surface area contributed by atoms with Gasteiger partial charge in [-0.15, -0.1) is 0 Å². The third-order valence-electron chi connectivity index (χ3n) is 3.29. The van der Waals surface area contributed by atoms with Crippen molar-refractivity contribution in [3.05, 3.63) is 59.9 Å². The van der Waals surface area contributed by atoms with Crippen LogP contribution in [0.25, 0.3) is 0 Å². The molecule has 0 saturated heterocycles. The Morgan fingerprint density at radius 1 is 1.19 bits per heavy atom. The molecule has 0 radical (unpaired) electrons. The number of nitrogens with one attached hydrogen (secondary N) is 1. The summed E-state index contributed by atoms with van der Waals surface area (Å²) in [7, 11) is 0. The second kappa shape index (κ2) is 6.74. The Kier molecular flexibility index (Phi) is 4.77. The van der Waals surface area contributed by atoms with Gasteiger partial charge in [0.1, 0.15) is 11.7 Å². The highest BCUT2D eigenvalue weighted by atomic mass is 16.4. The summed E-state index contributed by atoms with van der Waals surface area (Å²) in [5.74, 6) is -1.41. The van der Waals surface area contributed by atoms with Crippen LogP contribution in [-0.2, 0) is 17.8 Å². The molecular weight excluding hydrogens is 268 g/mol. The van der Waals surface area contributed by atoms with Crippen LogP contribution in [0.2, 0.25) is 0 Å². The molecule has 110 valence electrons. The highest BCUT2D eigenvalue weighted by Crippen LogP contribution is 2.06. The van der Waals surface area contributed by atoms with Gasteiger partial charge in [-0.2, -0.15) is 0 Å². The van der Waals surface area contributed by atoms with Crippen LogP contribution in [-0.4, -0.2) is 27.6 Å². The molecule has 0 spiro atoms. The van der Waals surface area contributed by atoms with E-state index in [-0.39, 0.29) is 12.3 Å². The predicted octanol–water partition coefficient (Wildman–Crippen LogP) is 1.93. The fourth-order valence-electron chi connectivity index (χ4n) is 2.18. The molecule has 2 N–H and O–H groups in total. The van der Waals surface area contributed by atoms with Gasteiger partial charge in [-0.1, -0.05) is 30.3 Å². The van der Waals surface area contributed by atoms with Gasteiger partial charge in [-0.25, -0.2) is 4.79 Å². The normalized spacial score (nSPS) is 11.9. The smallest absolute Gasteiger partial charge is 0.326 e. The molecule has 0 saturated carbocycles. The van der Waals surface area contributed by atoms with Gasteiger partial charge < -0.3 is 15.0 Å². The lowest BCUT2D eigenvalue weighted by Gasteiger charge is -2.15. The average molecular weight is 286 g/mol. The first-order valence-electron chi connectivity index (χ1n) is 6.84. The second-order valence-corrected chi connectivity index (χ2v) is 4.73. The topological polar surface area (TPSA) is 71.3 Å². The molecule has 2 rings (SSSR count). The van der Waals surface area contributed by atoms with E-state index in [0.29, 0.717) is 12.2 Å². The Hall–Kier alpha value is -2.56. The van der Waals surface area contributed by atoms with Crippen LogP contribution in [0.3, 0.4) is 0 Å². The fourth-order valence-corrected chi connectivity index (χ4v) is 2.18. The Balaban J connectivity index is 2.10. The number of nitrogens with zero attached hydrogens (tertiary/aromatic N) is 1. The summed E-state index contributed by atoms with van der Waals surface area (Å²) in [6.45, 7) is 2.58. The number of amides is 1. The number of rotatable bonds is 6. The van der Waals surface area contributed by atoms with Crippen LogP contribution in [0.1, 0.15) is 23.0 Å². The summed E-state index contributed by atoms with van der Waals surface area (Å²) in [5, 5.41) is 11.9. The van der Waals surface area contributed by atoms with E-state index in [1.54, 1.807) is 22.9 Å². The quantitative estimate of drug-likeness (QED) is 0.852. The molecule has 1 amide bonds. The number of aromatic nitrogens is 1. The van der Waals surface area contributed by atoms with Crippen molar-refractivity contribution in [1.82, 2.24) is 9.88 Å². The molecule has 1 aromatic carbocycles. The summed E-state index contributed by atoms with van der Waals surface area (Å²) in [5.41, 5.74) is 1.34. The maximum Gasteiger partial charge on any atom is 0.326 e. The van der Waals surface area contributed by atoms with Gasteiger partial charge in [-0.3, -0.25) is 4.79 Å². The number of hydrogen-bond donors (Lipinski definition) is 2. The molecule has 1 aromatic heterocycles. The third kappa shape index (κ3) is 3.72. The molecule has 0 unspecified atom stereocenters. The van der Waals surface area contributed by atoms with Crippen LogP contribution < -0.4 is 5.32 Å². The van der Waals surface area contributed by atoms with E-state index in [9.17, 15) is 14.7 Å². The third-order valence-corrected chi connectivity index (χ3v) is 3.29. The van der Waals surface area contributed by atoms with Gasteiger partial charge in [0.15, 0.2) is 0 Å². The zero-order valence-corrected chi connectivity index (χ0v) is 11.8. The van der Waals surface area contributed by atoms with Crippen molar-refractivity contribution in [3.63, 3.8) is 0 Å². The number of aryl methyl sites for hydroxylation is 1. The highest BCUT2D eigenvalue weighted by Gasteiger charge is 2.22. The molecular formula is C16H18N2O3. The van der Waals surface area contributed by atoms with Crippen molar-refractivity contribution in [2.24, 2.45) is 0 Å². The van der Waals surface area contributed by atoms with Crippen molar-refractivity contribution in [1.29, 1.82) is 0 Å². The molecule has 0 fully saturated rings. The van der Waals surface area contributed by atoms with Crippen molar-refractivity contribution in [3.8, 4) is 0 Å². The molecule has 0 aliphatic rings. The van der Waals surface area contributed by atoms with Crippen molar-refractivity contribution in [2.75, 3.05) is 0 Å². The fraction of sp³-hybridized carbons (Fsp3) is 0.250. The number of aliphatic carboxylic acids is 1. The van der Waals surface area contributed by atoms with Crippen LogP contribution in [0.5, 0.6) is 0 Å². The number of carbonyl (C=O) groups excluding carboxylic acids is 1. The predicted molar refractivity (Wildman–Crippen MR) is 79.1 cm³/mol. The molecule has 2 aromatic rings. The first-order chi connectivity index (χ1) is 10.1. The minimum absolute atomic E-state index is 0.259. The Morgan fingerprint density at radius 2 is 1.90 bits per heavy atom. The molecule has 0 aliphatic carbocycles. The van der Waals surface area contributed by atoms with Crippen LogP contribution in [0.15, 0.2) is 48.7 Å². The lowest BCUT2D eigenvalue weighted by atomic mass is 10.1. The number of carboxylic acid groups (broad SMARTS) is 1. The minimum Gasteiger partial charge on any atom is -0.480 e. The van der Waals surface area contributed by atoms with E-state index in [4.69, 9.17) is 0 Å². The lowest BCUT2D eigenvalue weighted by molar-refractivity contribution is -0.139. The van der Waals surface area contributed by atoms with Gasteiger partial charge in [-0.05, 0) is 24.6 Å². The molecule has 1 atom stereocenters. The van der Waals surface area contributed by atoms with E-state index in [0.717, 1.165) is 5.56 Å². The van der Waals surface area contributed by atoms with Gasteiger partial charge in [0.05, 0.1) is 0 Å². The minimum atomic E-state index is -1.04. The number of carbonyl (C=O) groups is 2. The van der Waals surface area contributed by atoms with E-state index < -0.39 is 12.0 Å². The molecule has 1 heterocycles. The largest absolute Gasteiger partial charge is 0.480 e. The Bertz CT molecular complexity index is 619. The van der Waals surface area contributed by atoms with Crippen molar-refractivity contribution < 1.29 is 14.7 Å². The van der Waals surface area contributed by atoms with Crippen molar-refractivity contribution >= 4 is 11.9 Å². The summed E-state index contributed by atoms with van der Waals surface area (Å²) in [6, 6.07) is 11.8. The Morgan fingerprint density at radius 3 is 2.52 bits per heavy atom. The number of benzene rings is 1. The van der Waals surface area contributed by atoms with E-state index in [1.807, 2.05) is 37.3 Å². The lowest BCUT2D eigenvalue weighted by Crippen LogP contribution is -2.42. The molecule has 0 aliphatic heterocycles. The zero-order chi connectivity index (χ0) is 15.2. The first-order valence-corrected chi connectivity index (χ1v) is 6.84. The molecule has 5 heteroatoms. The van der Waals surface area contributed by atoms with Crippen LogP contribution in [0, 0.1) is 0 Å². The van der Waals surface area contributed by atoms with Crippen LogP contribution in [0.4, 0.5) is 0 Å². The standard InChI is InChI=1S/C16H18N2O3/c1-2-18-10-6-9-14(18)15(19)17-13(16(20)21)11-12-7-4-3-5-8-12/h3-10,13H,2,11H2,1H3,(H,17,19)(H,20,21)/t13-/m0/s1. The zero-order valence-electron chi connectivity index (χ0n) is 11.8. The summed E-state index contributed by atoms with van der Waals surface area (Å²) in [6.07, 6.45) is 2.05. The van der Waals surface area contributed by atoms with E-state index in [1.165, 1.54) is 0 Å². The summed E-state index contributed by atoms with van der Waals surface area (Å²) in [4.78, 5) is 23.5. The molecule has 21 heavy (non-hydrogen) atoms. The Labute approximate surface area is 123 Å². The molecule has 5 nitrogen and oxygen atoms in total. The maximum absolute atomic E-state index is 12.2. The monoisotopic (exact) mass is 286 g/mol. The van der Waals surface area contributed by atoms with E-state index >= 15 is 0 Å². The van der Waals surface area contributed by atoms with Crippen LogP contribution >= 0.6 is 0 Å². The van der Waals surface area contributed by atoms with Gasteiger partial charge in [0.25, 0.3) is 5.91 Å². The first kappa shape index (κ1) is 14.8. The van der Waals surface area contributed by atoms with Gasteiger partial charge in [0.2, 0.25) is 0 Å². The number of carboxylic acids is 1. The molecule has 0 bridgehead atoms. The van der Waals surface area contributed by atoms with Crippen molar-refractivity contribution in [2.45, 2.75) is 25.9 Å². The number of hydrogen-bond acceptors (Lipinski definition) is 2. The van der Waals surface area contributed by atoms with E-state index in [2.05, 4.69) is 5.32 Å². The van der Waals surface area contributed by atoms with Gasteiger partial charge >= 0.3 is 5.97 Å². The maximum atomic E-state index is 12.2.